The average molecular weight is 445 g/mol. The molecule has 4 aliphatic carbocycles. The van der Waals surface area contributed by atoms with E-state index in [1.165, 1.54) is 58.5 Å². The third-order valence-corrected chi connectivity index (χ3v) is 10.7. The number of methoxy groups -OCH3 is 1. The topological polar surface area (TPSA) is 35.5 Å². The van der Waals surface area contributed by atoms with E-state index in [1.807, 2.05) is 0 Å². The Labute approximate surface area is 197 Å². The van der Waals surface area contributed by atoms with Crippen LogP contribution >= 0.6 is 0 Å². The molecule has 3 fully saturated rings. The van der Waals surface area contributed by atoms with Gasteiger partial charge in [-0.25, -0.2) is 4.79 Å². The predicted octanol–water partition coefficient (Wildman–Crippen LogP) is 8.04. The summed E-state index contributed by atoms with van der Waals surface area (Å²) in [5.41, 5.74) is 0.884. The van der Waals surface area contributed by atoms with Crippen LogP contribution in [0.4, 0.5) is 4.79 Å². The Morgan fingerprint density at radius 3 is 2.41 bits per heavy atom. The average Bonchev–Trinajstić information content (AvgIpc) is 3.11. The van der Waals surface area contributed by atoms with E-state index in [0.717, 1.165) is 48.3 Å². The first-order chi connectivity index (χ1) is 15.2. The fraction of sp³-hybridized carbons (Fsp3) is 0.897. The Balaban J connectivity index is 1.45. The Kier molecular flexibility index (Phi) is 7.04. The fourth-order valence-corrected chi connectivity index (χ4v) is 8.90. The maximum absolute atomic E-state index is 11.6. The van der Waals surface area contributed by atoms with Crippen molar-refractivity contribution in [1.82, 2.24) is 0 Å². The van der Waals surface area contributed by atoms with Crippen LogP contribution in [0.1, 0.15) is 98.8 Å². The molecule has 3 nitrogen and oxygen atoms in total. The number of allylic oxidation sites excluding steroid dienone is 2. The lowest BCUT2D eigenvalue weighted by Crippen LogP contribution is -2.52. The minimum atomic E-state index is -0.524. The van der Waals surface area contributed by atoms with Crippen molar-refractivity contribution in [2.45, 2.75) is 105 Å². The Hall–Kier alpha value is -0.990. The van der Waals surface area contributed by atoms with E-state index >= 15 is 0 Å². The molecule has 0 saturated heterocycles. The number of hydrogen-bond acceptors (Lipinski definition) is 3. The molecule has 0 spiro atoms. The van der Waals surface area contributed by atoms with Crippen molar-refractivity contribution in [3.63, 3.8) is 0 Å². The minimum absolute atomic E-state index is 0.0122. The molecule has 4 aliphatic rings. The van der Waals surface area contributed by atoms with Gasteiger partial charge in [0.15, 0.2) is 0 Å². The van der Waals surface area contributed by atoms with Crippen LogP contribution in [0, 0.1) is 52.3 Å². The van der Waals surface area contributed by atoms with Crippen LogP contribution in [-0.2, 0) is 9.47 Å². The van der Waals surface area contributed by atoms with Crippen molar-refractivity contribution in [2.75, 3.05) is 7.11 Å². The van der Waals surface area contributed by atoms with Crippen molar-refractivity contribution in [3.05, 3.63) is 12.2 Å². The van der Waals surface area contributed by atoms with Gasteiger partial charge in [0.25, 0.3) is 0 Å². The number of ether oxygens (including phenoxy) is 2. The van der Waals surface area contributed by atoms with E-state index in [-0.39, 0.29) is 6.10 Å². The normalized spacial score (nSPS) is 43.8. The second-order valence-electron chi connectivity index (χ2n) is 12.8. The summed E-state index contributed by atoms with van der Waals surface area (Å²) in [6.45, 7) is 12.5. The van der Waals surface area contributed by atoms with E-state index in [2.05, 4.69) is 46.8 Å². The summed E-state index contributed by atoms with van der Waals surface area (Å²) in [6, 6.07) is 0. The Morgan fingerprint density at radius 2 is 1.69 bits per heavy atom. The fourth-order valence-electron chi connectivity index (χ4n) is 8.90. The molecule has 0 aliphatic heterocycles. The van der Waals surface area contributed by atoms with Crippen molar-refractivity contribution in [3.8, 4) is 0 Å². The molecular weight excluding hydrogens is 396 g/mol. The van der Waals surface area contributed by atoms with Gasteiger partial charge < -0.3 is 9.47 Å². The zero-order valence-corrected chi connectivity index (χ0v) is 21.6. The van der Waals surface area contributed by atoms with E-state index in [1.54, 1.807) is 0 Å². The maximum Gasteiger partial charge on any atom is 0.508 e. The lowest BCUT2D eigenvalue weighted by Gasteiger charge is -2.59. The molecule has 0 aromatic rings. The van der Waals surface area contributed by atoms with E-state index < -0.39 is 6.16 Å². The first kappa shape index (κ1) is 24.1. The second kappa shape index (κ2) is 9.34. The molecule has 3 heteroatoms. The molecule has 0 radical (unpaired) electrons. The van der Waals surface area contributed by atoms with Crippen molar-refractivity contribution in [1.29, 1.82) is 0 Å². The van der Waals surface area contributed by atoms with E-state index in [9.17, 15) is 4.79 Å². The molecule has 4 rings (SSSR count). The highest BCUT2D eigenvalue weighted by molar-refractivity contribution is 5.59. The van der Waals surface area contributed by atoms with Crippen molar-refractivity contribution < 1.29 is 14.3 Å². The lowest BCUT2D eigenvalue weighted by atomic mass is 9.46. The molecule has 0 aromatic carbocycles. The molecule has 9 atom stereocenters. The van der Waals surface area contributed by atoms with Gasteiger partial charge in [0.2, 0.25) is 0 Å². The summed E-state index contributed by atoms with van der Waals surface area (Å²) in [4.78, 5) is 11.6. The molecule has 182 valence electrons. The van der Waals surface area contributed by atoms with Gasteiger partial charge in [0.05, 0.1) is 7.11 Å². The maximum atomic E-state index is 11.6. The molecule has 3 saturated carbocycles. The van der Waals surface area contributed by atoms with Gasteiger partial charge in [-0.3, -0.25) is 0 Å². The Bertz CT molecular complexity index is 699. The van der Waals surface area contributed by atoms with E-state index in [0.29, 0.717) is 16.7 Å². The third-order valence-electron chi connectivity index (χ3n) is 10.7. The molecular formula is C29H48O3. The summed E-state index contributed by atoms with van der Waals surface area (Å²) < 4.78 is 10.3. The van der Waals surface area contributed by atoms with Gasteiger partial charge in [-0.1, -0.05) is 66.0 Å². The van der Waals surface area contributed by atoms with Gasteiger partial charge in [0, 0.05) is 0 Å². The molecule has 0 aromatic heterocycles. The number of hydrogen-bond donors (Lipinski definition) is 0. The van der Waals surface area contributed by atoms with Crippen LogP contribution in [0.25, 0.3) is 0 Å². The Morgan fingerprint density at radius 1 is 0.969 bits per heavy atom. The van der Waals surface area contributed by atoms with Crippen LogP contribution in [0.15, 0.2) is 12.2 Å². The summed E-state index contributed by atoms with van der Waals surface area (Å²) in [6.07, 6.45) is 17.6. The van der Waals surface area contributed by atoms with Crippen LogP contribution < -0.4 is 0 Å². The van der Waals surface area contributed by atoms with Gasteiger partial charge >= 0.3 is 6.16 Å². The molecule has 0 N–H and O–H groups in total. The van der Waals surface area contributed by atoms with Crippen molar-refractivity contribution in [2.24, 2.45) is 52.3 Å². The standard InChI is InChI=1S/C29H48O3/c1-19(2)8-7-9-20(3)24-12-13-25-23-11-10-21-18-22(32-27(30)31-6)14-16-28(21,4)26(23)15-17-29(24,25)5/h10-11,19-26H,7-9,12-18H2,1-6H3/t20?,21?,22?,23?,24-,25+,26+,28+,29-/m0/s1. The minimum Gasteiger partial charge on any atom is -0.438 e. The summed E-state index contributed by atoms with van der Waals surface area (Å²) in [5, 5.41) is 0. The highest BCUT2D eigenvalue weighted by Gasteiger charge is 2.59. The van der Waals surface area contributed by atoms with Gasteiger partial charge in [-0.2, -0.15) is 0 Å². The van der Waals surface area contributed by atoms with Crippen LogP contribution in [0.2, 0.25) is 0 Å². The highest BCUT2D eigenvalue weighted by atomic mass is 16.7. The SMILES string of the molecule is COC(=O)OC1CC[C@]2(C)C(C=CC3[C@H]4CC[C@@H](C(C)CCCC(C)C)[C@]4(C)CC[C@H]32)C1. The second-order valence-corrected chi connectivity index (χ2v) is 12.8. The van der Waals surface area contributed by atoms with Crippen LogP contribution in [0.3, 0.4) is 0 Å². The highest BCUT2D eigenvalue weighted by Crippen LogP contribution is 2.67. The van der Waals surface area contributed by atoms with Crippen LogP contribution in [0.5, 0.6) is 0 Å². The third kappa shape index (κ3) is 4.27. The van der Waals surface area contributed by atoms with Crippen molar-refractivity contribution >= 4 is 6.16 Å². The first-order valence-electron chi connectivity index (χ1n) is 13.6. The summed E-state index contributed by atoms with van der Waals surface area (Å²) >= 11 is 0. The summed E-state index contributed by atoms with van der Waals surface area (Å²) in [5.74, 6) is 5.54. The van der Waals surface area contributed by atoms with Gasteiger partial charge in [-0.05, 0) is 97.2 Å². The summed E-state index contributed by atoms with van der Waals surface area (Å²) in [7, 11) is 1.40. The quantitative estimate of drug-likeness (QED) is 0.307. The molecule has 0 bridgehead atoms. The monoisotopic (exact) mass is 444 g/mol. The largest absolute Gasteiger partial charge is 0.508 e. The van der Waals surface area contributed by atoms with Gasteiger partial charge in [-0.15, -0.1) is 0 Å². The van der Waals surface area contributed by atoms with Crippen LogP contribution in [-0.4, -0.2) is 19.4 Å². The lowest BCUT2D eigenvalue weighted by molar-refractivity contribution is -0.0868. The predicted molar refractivity (Wildman–Crippen MR) is 130 cm³/mol. The van der Waals surface area contributed by atoms with E-state index in [4.69, 9.17) is 9.47 Å². The molecule has 0 heterocycles. The number of fused-ring (bicyclic) bond motifs is 5. The smallest absolute Gasteiger partial charge is 0.438 e. The molecule has 0 amide bonds. The zero-order chi connectivity index (χ0) is 23.1. The zero-order valence-electron chi connectivity index (χ0n) is 21.6. The number of rotatable bonds is 6. The first-order valence-corrected chi connectivity index (χ1v) is 13.6. The number of carbonyl (C=O) groups is 1. The molecule has 32 heavy (non-hydrogen) atoms. The number of carbonyl (C=O) groups excluding carboxylic acids is 1. The van der Waals surface area contributed by atoms with Gasteiger partial charge in [0.1, 0.15) is 6.10 Å². The molecule has 4 unspecified atom stereocenters.